The Labute approximate surface area is 218 Å². The molecular weight excluding hydrogens is 497 g/mol. The molecule has 1 saturated carbocycles. The molecule has 3 N–H and O–H groups in total. The minimum atomic E-state index is -4.36. The first-order valence-electron chi connectivity index (χ1n) is 12.8. The van der Waals surface area contributed by atoms with Crippen LogP contribution in [0.1, 0.15) is 76.6 Å². The average molecular weight is 534 g/mol. The first-order valence-corrected chi connectivity index (χ1v) is 14.3. The number of ether oxygens (including phenoxy) is 1. The lowest BCUT2D eigenvalue weighted by Gasteiger charge is -2.37. The minimum Gasteiger partial charge on any atom is -0.472 e. The van der Waals surface area contributed by atoms with Crippen molar-refractivity contribution < 1.29 is 22.3 Å². The van der Waals surface area contributed by atoms with E-state index in [9.17, 15) is 13.2 Å². The van der Waals surface area contributed by atoms with Gasteiger partial charge in [-0.1, -0.05) is 32.3 Å². The van der Waals surface area contributed by atoms with Crippen molar-refractivity contribution in [1.82, 2.24) is 14.7 Å². The van der Waals surface area contributed by atoms with Crippen molar-refractivity contribution in [3.63, 3.8) is 0 Å². The van der Waals surface area contributed by atoms with Crippen molar-refractivity contribution in [3.05, 3.63) is 35.6 Å². The number of aromatic nitrogens is 2. The Morgan fingerprint density at radius 3 is 2.54 bits per heavy atom. The lowest BCUT2D eigenvalue weighted by Crippen LogP contribution is -2.44. The van der Waals surface area contributed by atoms with Crippen LogP contribution >= 0.6 is 0 Å². The quantitative estimate of drug-likeness (QED) is 0.540. The average Bonchev–Trinajstić information content (AvgIpc) is 3.12. The van der Waals surface area contributed by atoms with Crippen molar-refractivity contribution >= 4 is 27.6 Å². The van der Waals surface area contributed by atoms with E-state index in [1.165, 1.54) is 24.6 Å². The van der Waals surface area contributed by atoms with Crippen LogP contribution in [0.4, 0.5) is 16.0 Å². The summed E-state index contributed by atoms with van der Waals surface area (Å²) in [6.45, 7) is 8.65. The summed E-state index contributed by atoms with van der Waals surface area (Å²) in [4.78, 5) is 23.5. The third-order valence-electron chi connectivity index (χ3n) is 7.97. The monoisotopic (exact) mass is 533 g/mol. The lowest BCUT2D eigenvalue weighted by atomic mass is 9.86. The van der Waals surface area contributed by atoms with E-state index in [1.807, 2.05) is 30.4 Å². The van der Waals surface area contributed by atoms with Crippen molar-refractivity contribution in [2.24, 2.45) is 11.8 Å². The first kappa shape index (κ1) is 27.1. The molecule has 2 aromatic heterocycles. The van der Waals surface area contributed by atoms with Crippen LogP contribution in [0.3, 0.4) is 0 Å². The van der Waals surface area contributed by atoms with Gasteiger partial charge in [0.2, 0.25) is 0 Å². The van der Waals surface area contributed by atoms with Crippen LogP contribution in [0.15, 0.2) is 29.3 Å². The highest BCUT2D eigenvalue weighted by atomic mass is 32.2. The van der Waals surface area contributed by atoms with E-state index in [2.05, 4.69) is 16.9 Å². The largest absolute Gasteiger partial charge is 0.472 e. The third kappa shape index (κ3) is 5.66. The number of carbonyl (C=O) groups is 1. The van der Waals surface area contributed by atoms with Crippen LogP contribution in [0.25, 0.3) is 0 Å². The molecule has 37 heavy (non-hydrogen) atoms. The number of hydrogen-bond acceptors (Lipinski definition) is 8. The summed E-state index contributed by atoms with van der Waals surface area (Å²) in [5.41, 5.74) is 5.02. The van der Waals surface area contributed by atoms with Gasteiger partial charge in [0.25, 0.3) is 21.8 Å². The molecular formula is C26H36FN5O4S. The SMILES string of the molecule is CC(Oc1nc(N2CCC(C)C2(C)C)c(C(=O)NS(=O)(=O)c2cccc(N)n2)cc1F)C1CCCCC1. The molecule has 1 saturated heterocycles. The van der Waals surface area contributed by atoms with Gasteiger partial charge in [-0.15, -0.1) is 0 Å². The number of nitrogen functional groups attached to an aromatic ring is 1. The van der Waals surface area contributed by atoms with Gasteiger partial charge in [0.15, 0.2) is 10.8 Å². The molecule has 11 heteroatoms. The Balaban J connectivity index is 1.70. The van der Waals surface area contributed by atoms with Crippen molar-refractivity contribution in [3.8, 4) is 5.88 Å². The summed E-state index contributed by atoms with van der Waals surface area (Å²) in [6.07, 6.45) is 6.07. The summed E-state index contributed by atoms with van der Waals surface area (Å²) >= 11 is 0. The number of sulfonamides is 1. The highest BCUT2D eigenvalue weighted by Gasteiger charge is 2.41. The van der Waals surface area contributed by atoms with E-state index in [0.29, 0.717) is 12.5 Å². The topological polar surface area (TPSA) is 128 Å². The van der Waals surface area contributed by atoms with Crippen LogP contribution in [-0.4, -0.2) is 42.5 Å². The van der Waals surface area contributed by atoms with E-state index in [4.69, 9.17) is 10.5 Å². The number of amides is 1. The molecule has 2 atom stereocenters. The van der Waals surface area contributed by atoms with Crippen molar-refractivity contribution in [2.75, 3.05) is 17.2 Å². The summed E-state index contributed by atoms with van der Waals surface area (Å²) in [7, 11) is -4.36. The van der Waals surface area contributed by atoms with Gasteiger partial charge in [0.05, 0.1) is 5.56 Å². The molecule has 2 fully saturated rings. The van der Waals surface area contributed by atoms with E-state index in [1.54, 1.807) is 0 Å². The summed E-state index contributed by atoms with van der Waals surface area (Å²) < 4.78 is 49.0. The van der Waals surface area contributed by atoms with Crippen LogP contribution in [0.5, 0.6) is 5.88 Å². The van der Waals surface area contributed by atoms with Gasteiger partial charge in [-0.2, -0.15) is 13.4 Å². The molecule has 0 aromatic carbocycles. The second-order valence-corrected chi connectivity index (χ2v) is 12.3. The highest BCUT2D eigenvalue weighted by Crippen LogP contribution is 2.40. The van der Waals surface area contributed by atoms with Gasteiger partial charge in [-0.3, -0.25) is 4.79 Å². The first-order chi connectivity index (χ1) is 17.4. The smallest absolute Gasteiger partial charge is 0.281 e. The summed E-state index contributed by atoms with van der Waals surface area (Å²) in [5.74, 6) is -1.25. The second-order valence-electron chi connectivity index (χ2n) is 10.7. The Morgan fingerprint density at radius 2 is 1.92 bits per heavy atom. The molecule has 4 rings (SSSR count). The molecule has 0 bridgehead atoms. The Morgan fingerprint density at radius 1 is 1.22 bits per heavy atom. The number of nitrogens with one attached hydrogen (secondary N) is 1. The van der Waals surface area contributed by atoms with E-state index >= 15 is 4.39 Å². The number of carbonyl (C=O) groups excluding carboxylic acids is 1. The molecule has 2 aliphatic rings. The summed E-state index contributed by atoms with van der Waals surface area (Å²) in [6, 6.07) is 5.09. The van der Waals surface area contributed by atoms with Crippen LogP contribution in [-0.2, 0) is 10.0 Å². The number of anilines is 2. The van der Waals surface area contributed by atoms with Crippen LogP contribution in [0.2, 0.25) is 0 Å². The molecule has 9 nitrogen and oxygen atoms in total. The maximum absolute atomic E-state index is 15.3. The van der Waals surface area contributed by atoms with Gasteiger partial charge in [-0.05, 0) is 70.1 Å². The lowest BCUT2D eigenvalue weighted by molar-refractivity contribution is 0.0979. The number of nitrogens with zero attached hydrogens (tertiary/aromatic N) is 3. The maximum atomic E-state index is 15.3. The standard InChI is InChI=1S/C26H36FN5O4S/c1-16-13-14-32(26(16,3)4)23-19(24(33)31-37(34,35)22-12-8-11-21(28)29-22)15-20(27)25(30-23)36-17(2)18-9-6-5-7-10-18/h8,11-12,15-18H,5-7,9-10,13-14H2,1-4H3,(H2,28,29)(H,31,33). The molecule has 1 amide bonds. The zero-order chi connectivity index (χ0) is 27.0. The number of pyridine rings is 2. The molecule has 0 spiro atoms. The molecule has 0 radical (unpaired) electrons. The highest BCUT2D eigenvalue weighted by molar-refractivity contribution is 7.90. The number of halogens is 1. The van der Waals surface area contributed by atoms with Crippen molar-refractivity contribution in [2.45, 2.75) is 82.9 Å². The van der Waals surface area contributed by atoms with Crippen molar-refractivity contribution in [1.29, 1.82) is 0 Å². The van der Waals surface area contributed by atoms with Gasteiger partial charge >= 0.3 is 0 Å². The van der Waals surface area contributed by atoms with E-state index in [0.717, 1.165) is 38.2 Å². The maximum Gasteiger partial charge on any atom is 0.281 e. The van der Waals surface area contributed by atoms with Gasteiger partial charge < -0.3 is 15.4 Å². The zero-order valence-corrected chi connectivity index (χ0v) is 22.6. The fraction of sp³-hybridized carbons (Fsp3) is 0.577. The van der Waals surface area contributed by atoms with Crippen LogP contribution in [0, 0.1) is 17.7 Å². The number of rotatable bonds is 7. The molecule has 1 aliphatic heterocycles. The number of nitrogens with two attached hydrogens (primary N) is 1. The van der Waals surface area contributed by atoms with E-state index < -0.39 is 32.3 Å². The molecule has 202 valence electrons. The third-order valence-corrected chi connectivity index (χ3v) is 9.20. The normalized spacial score (nSPS) is 21.0. The molecule has 2 unspecified atom stereocenters. The minimum absolute atomic E-state index is 0.00915. The van der Waals surface area contributed by atoms with E-state index in [-0.39, 0.29) is 35.1 Å². The Bertz CT molecular complexity index is 1260. The molecule has 3 heterocycles. The second kappa shape index (κ2) is 10.4. The van der Waals surface area contributed by atoms with Gasteiger partial charge in [-0.25, -0.2) is 14.1 Å². The van der Waals surface area contributed by atoms with Gasteiger partial charge in [0, 0.05) is 12.1 Å². The predicted octanol–water partition coefficient (Wildman–Crippen LogP) is 4.29. The number of hydrogen-bond donors (Lipinski definition) is 2. The fourth-order valence-electron chi connectivity index (χ4n) is 5.21. The van der Waals surface area contributed by atoms with Gasteiger partial charge in [0.1, 0.15) is 17.7 Å². The Kier molecular flexibility index (Phi) is 7.64. The summed E-state index contributed by atoms with van der Waals surface area (Å²) in [5, 5.41) is -0.410. The predicted molar refractivity (Wildman–Crippen MR) is 139 cm³/mol. The Hall–Kier alpha value is -2.95. The fourth-order valence-corrected chi connectivity index (χ4v) is 6.15. The molecule has 1 aliphatic carbocycles. The van der Waals surface area contributed by atoms with Crippen LogP contribution < -0.4 is 20.1 Å². The zero-order valence-electron chi connectivity index (χ0n) is 21.8. The molecule has 2 aromatic rings.